The summed E-state index contributed by atoms with van der Waals surface area (Å²) in [4.78, 5) is 13.3. The normalized spacial score (nSPS) is 10.8. The van der Waals surface area contributed by atoms with Gasteiger partial charge in [0.2, 0.25) is 0 Å². The highest BCUT2D eigenvalue weighted by Crippen LogP contribution is 2.24. The Labute approximate surface area is 129 Å². The van der Waals surface area contributed by atoms with Gasteiger partial charge in [-0.3, -0.25) is 0 Å². The van der Waals surface area contributed by atoms with Gasteiger partial charge in [-0.1, -0.05) is 12.1 Å². The second-order valence-corrected chi connectivity index (χ2v) is 4.71. The number of carboxylic acid groups (broad SMARTS) is 1. The van der Waals surface area contributed by atoms with Crippen molar-refractivity contribution in [2.24, 2.45) is 10.2 Å². The van der Waals surface area contributed by atoms with Gasteiger partial charge in [-0.05, 0) is 50.2 Å². The predicted molar refractivity (Wildman–Crippen MR) is 87.6 cm³/mol. The average Bonchev–Trinajstić information content (AvgIpc) is 2.55. The fourth-order valence-electron chi connectivity index (χ4n) is 2.17. The van der Waals surface area contributed by atoms with Crippen molar-refractivity contribution >= 4 is 23.0 Å². The van der Waals surface area contributed by atoms with E-state index < -0.39 is 5.97 Å². The topological polar surface area (TPSA) is 65.3 Å². The molecule has 0 heterocycles. The number of benzene rings is 2. The van der Waals surface area contributed by atoms with Crippen molar-refractivity contribution in [2.75, 3.05) is 18.0 Å². The van der Waals surface area contributed by atoms with E-state index in [2.05, 4.69) is 29.0 Å². The molecule has 0 unspecified atom stereocenters. The molecule has 0 aromatic heterocycles. The number of nitrogens with zero attached hydrogens (tertiary/aromatic N) is 3. The zero-order chi connectivity index (χ0) is 15.9. The van der Waals surface area contributed by atoms with Gasteiger partial charge >= 0.3 is 5.97 Å². The van der Waals surface area contributed by atoms with E-state index in [0.717, 1.165) is 18.8 Å². The summed E-state index contributed by atoms with van der Waals surface area (Å²) < 4.78 is 0. The summed E-state index contributed by atoms with van der Waals surface area (Å²) in [5, 5.41) is 17.3. The second kappa shape index (κ2) is 7.36. The molecule has 0 aliphatic rings. The van der Waals surface area contributed by atoms with Gasteiger partial charge in [0.1, 0.15) is 5.69 Å². The number of anilines is 1. The van der Waals surface area contributed by atoms with Crippen molar-refractivity contribution in [1.29, 1.82) is 0 Å². The summed E-state index contributed by atoms with van der Waals surface area (Å²) in [7, 11) is 0. The minimum absolute atomic E-state index is 0.144. The first-order chi connectivity index (χ1) is 10.7. The van der Waals surface area contributed by atoms with Crippen LogP contribution in [0.3, 0.4) is 0 Å². The standard InChI is InChI=1S/C17H19N3O2/c1-3-20(4-2)14-11-9-13(10-12-14)18-19-16-8-6-5-7-15(16)17(21)22/h5-12H,3-4H2,1-2H3,(H,21,22). The smallest absolute Gasteiger partial charge is 0.337 e. The van der Waals surface area contributed by atoms with Gasteiger partial charge in [0.05, 0.1) is 11.3 Å². The van der Waals surface area contributed by atoms with E-state index in [9.17, 15) is 4.79 Å². The number of hydrogen-bond donors (Lipinski definition) is 1. The number of aromatic carboxylic acids is 1. The molecular formula is C17H19N3O2. The zero-order valence-corrected chi connectivity index (χ0v) is 12.7. The highest BCUT2D eigenvalue weighted by molar-refractivity contribution is 5.93. The molecule has 114 valence electrons. The Morgan fingerprint density at radius 2 is 1.64 bits per heavy atom. The van der Waals surface area contributed by atoms with Crippen molar-refractivity contribution in [1.82, 2.24) is 0 Å². The minimum Gasteiger partial charge on any atom is -0.478 e. The van der Waals surface area contributed by atoms with Crippen LogP contribution in [0.25, 0.3) is 0 Å². The summed E-state index contributed by atoms with van der Waals surface area (Å²) in [6, 6.07) is 14.3. The molecule has 0 saturated heterocycles. The number of carboxylic acids is 1. The maximum absolute atomic E-state index is 11.1. The third-order valence-electron chi connectivity index (χ3n) is 3.39. The fraction of sp³-hybridized carbons (Fsp3) is 0.235. The molecule has 5 heteroatoms. The van der Waals surface area contributed by atoms with Crippen LogP contribution in [0.4, 0.5) is 17.1 Å². The zero-order valence-electron chi connectivity index (χ0n) is 12.7. The number of hydrogen-bond acceptors (Lipinski definition) is 4. The van der Waals surface area contributed by atoms with Gasteiger partial charge in [-0.2, -0.15) is 5.11 Å². The van der Waals surface area contributed by atoms with Crippen molar-refractivity contribution in [2.45, 2.75) is 13.8 Å². The Morgan fingerprint density at radius 1 is 1.00 bits per heavy atom. The van der Waals surface area contributed by atoms with Gasteiger partial charge in [-0.25, -0.2) is 4.79 Å². The molecule has 0 bridgehead atoms. The minimum atomic E-state index is -1.01. The summed E-state index contributed by atoms with van der Waals surface area (Å²) in [6.45, 7) is 6.12. The molecule has 0 amide bonds. The van der Waals surface area contributed by atoms with Gasteiger partial charge < -0.3 is 10.0 Å². The lowest BCUT2D eigenvalue weighted by molar-refractivity contribution is 0.0698. The first-order valence-electron chi connectivity index (χ1n) is 7.24. The first kappa shape index (κ1) is 15.7. The predicted octanol–water partition coefficient (Wildman–Crippen LogP) is 4.65. The lowest BCUT2D eigenvalue weighted by Gasteiger charge is -2.20. The van der Waals surface area contributed by atoms with Gasteiger partial charge in [-0.15, -0.1) is 5.11 Å². The fourth-order valence-corrected chi connectivity index (χ4v) is 2.17. The summed E-state index contributed by atoms with van der Waals surface area (Å²) >= 11 is 0. The van der Waals surface area contributed by atoms with E-state index >= 15 is 0 Å². The summed E-state index contributed by atoms with van der Waals surface area (Å²) in [6.07, 6.45) is 0. The van der Waals surface area contributed by atoms with Crippen LogP contribution in [0.15, 0.2) is 58.8 Å². The third kappa shape index (κ3) is 3.69. The van der Waals surface area contributed by atoms with Crippen LogP contribution in [0, 0.1) is 0 Å². The van der Waals surface area contributed by atoms with Crippen LogP contribution in [0.2, 0.25) is 0 Å². The SMILES string of the molecule is CCN(CC)c1ccc(N=Nc2ccccc2C(=O)O)cc1. The molecule has 1 N–H and O–H groups in total. The van der Waals surface area contributed by atoms with Crippen molar-refractivity contribution in [3.63, 3.8) is 0 Å². The van der Waals surface area contributed by atoms with E-state index in [1.54, 1.807) is 18.2 Å². The molecule has 5 nitrogen and oxygen atoms in total. The number of carbonyl (C=O) groups is 1. The second-order valence-electron chi connectivity index (χ2n) is 4.71. The van der Waals surface area contributed by atoms with E-state index in [1.165, 1.54) is 6.07 Å². The van der Waals surface area contributed by atoms with Crippen LogP contribution >= 0.6 is 0 Å². The molecule has 0 aliphatic carbocycles. The molecule has 0 saturated carbocycles. The molecule has 0 spiro atoms. The van der Waals surface area contributed by atoms with Crippen molar-refractivity contribution < 1.29 is 9.90 Å². The maximum atomic E-state index is 11.1. The van der Waals surface area contributed by atoms with Crippen LogP contribution in [0.1, 0.15) is 24.2 Å². The Morgan fingerprint density at radius 3 is 2.23 bits per heavy atom. The summed E-state index contributed by atoms with van der Waals surface area (Å²) in [5.74, 6) is -1.01. The van der Waals surface area contributed by atoms with Gasteiger partial charge in [0.25, 0.3) is 0 Å². The van der Waals surface area contributed by atoms with Crippen molar-refractivity contribution in [3.8, 4) is 0 Å². The lowest BCUT2D eigenvalue weighted by atomic mass is 10.2. The molecule has 0 atom stereocenters. The van der Waals surface area contributed by atoms with E-state index in [1.807, 2.05) is 24.3 Å². The Hall–Kier alpha value is -2.69. The van der Waals surface area contributed by atoms with Gasteiger partial charge in [0.15, 0.2) is 0 Å². The molecule has 2 aromatic carbocycles. The maximum Gasteiger partial charge on any atom is 0.337 e. The molecular weight excluding hydrogens is 278 g/mol. The van der Waals surface area contributed by atoms with Crippen LogP contribution in [-0.2, 0) is 0 Å². The average molecular weight is 297 g/mol. The van der Waals surface area contributed by atoms with E-state index in [4.69, 9.17) is 5.11 Å². The third-order valence-corrected chi connectivity index (χ3v) is 3.39. The first-order valence-corrected chi connectivity index (χ1v) is 7.24. The Bertz CT molecular complexity index is 662. The number of rotatable bonds is 6. The molecule has 0 fully saturated rings. The molecule has 0 aliphatic heterocycles. The monoisotopic (exact) mass is 297 g/mol. The Balaban J connectivity index is 2.19. The van der Waals surface area contributed by atoms with Crippen molar-refractivity contribution in [3.05, 3.63) is 54.1 Å². The largest absolute Gasteiger partial charge is 0.478 e. The highest BCUT2D eigenvalue weighted by atomic mass is 16.4. The van der Waals surface area contributed by atoms with E-state index in [-0.39, 0.29) is 5.56 Å². The lowest BCUT2D eigenvalue weighted by Crippen LogP contribution is -2.21. The number of azo groups is 1. The van der Waals surface area contributed by atoms with Crippen LogP contribution < -0.4 is 4.90 Å². The van der Waals surface area contributed by atoms with E-state index in [0.29, 0.717) is 11.4 Å². The van der Waals surface area contributed by atoms with Crippen LogP contribution in [0.5, 0.6) is 0 Å². The van der Waals surface area contributed by atoms with Crippen LogP contribution in [-0.4, -0.2) is 24.2 Å². The highest BCUT2D eigenvalue weighted by Gasteiger charge is 2.08. The quantitative estimate of drug-likeness (QED) is 0.789. The molecule has 22 heavy (non-hydrogen) atoms. The molecule has 2 rings (SSSR count). The molecule has 0 radical (unpaired) electrons. The summed E-state index contributed by atoms with van der Waals surface area (Å²) in [5.41, 5.74) is 2.32. The van der Waals surface area contributed by atoms with Gasteiger partial charge in [0, 0.05) is 18.8 Å². The Kier molecular flexibility index (Phi) is 5.25. The molecule has 2 aromatic rings.